The highest BCUT2D eigenvalue weighted by atomic mass is 16.5. The lowest BCUT2D eigenvalue weighted by Crippen LogP contribution is -2.24. The van der Waals surface area contributed by atoms with E-state index < -0.39 is 0 Å². The number of aromatic amines is 1. The molecule has 10 nitrogen and oxygen atoms in total. The van der Waals surface area contributed by atoms with E-state index in [2.05, 4.69) is 55.8 Å². The van der Waals surface area contributed by atoms with Crippen LogP contribution >= 0.6 is 0 Å². The van der Waals surface area contributed by atoms with Gasteiger partial charge < -0.3 is 20.9 Å². The Balaban J connectivity index is 1.96. The van der Waals surface area contributed by atoms with E-state index in [1.54, 1.807) is 7.11 Å². The maximum absolute atomic E-state index is 9.55. The molecule has 0 radical (unpaired) electrons. The van der Waals surface area contributed by atoms with E-state index in [-0.39, 0.29) is 18.6 Å². The minimum absolute atomic E-state index is 0.110. The molecule has 2 heterocycles. The van der Waals surface area contributed by atoms with Crippen molar-refractivity contribution in [1.82, 2.24) is 30.6 Å². The molecule has 33 heavy (non-hydrogen) atoms. The zero-order chi connectivity index (χ0) is 23.6. The first-order valence-electron chi connectivity index (χ1n) is 11.5. The van der Waals surface area contributed by atoms with Crippen molar-refractivity contribution in [1.29, 1.82) is 0 Å². The molecule has 0 saturated carbocycles. The van der Waals surface area contributed by atoms with Gasteiger partial charge in [-0.15, -0.1) is 10.2 Å². The first kappa shape index (κ1) is 24.4. The van der Waals surface area contributed by atoms with Crippen molar-refractivity contribution >= 4 is 11.8 Å². The van der Waals surface area contributed by atoms with Crippen molar-refractivity contribution in [3.63, 3.8) is 0 Å². The lowest BCUT2D eigenvalue weighted by molar-refractivity contribution is 0.276. The molecule has 1 atom stereocenters. The third kappa shape index (κ3) is 6.61. The van der Waals surface area contributed by atoms with E-state index >= 15 is 0 Å². The highest BCUT2D eigenvalue weighted by Gasteiger charge is 2.19. The van der Waals surface area contributed by atoms with Crippen molar-refractivity contribution < 1.29 is 9.84 Å². The van der Waals surface area contributed by atoms with Crippen LogP contribution in [0, 0.1) is 0 Å². The van der Waals surface area contributed by atoms with Gasteiger partial charge in [-0.1, -0.05) is 44.0 Å². The number of rotatable bonds is 13. The number of anilines is 2. The Kier molecular flexibility index (Phi) is 8.94. The van der Waals surface area contributed by atoms with Crippen LogP contribution in [0.25, 0.3) is 0 Å². The molecule has 0 saturated heterocycles. The van der Waals surface area contributed by atoms with Crippen molar-refractivity contribution in [2.75, 3.05) is 24.8 Å². The molecular weight excluding hydrogens is 420 g/mol. The maximum Gasteiger partial charge on any atom is 0.222 e. The third-order valence-corrected chi connectivity index (χ3v) is 5.63. The van der Waals surface area contributed by atoms with Crippen LogP contribution in [0.4, 0.5) is 11.8 Å². The number of nitrogens with one attached hydrogen (secondary N) is 2. The zero-order valence-electron chi connectivity index (χ0n) is 19.6. The lowest BCUT2D eigenvalue weighted by atomic mass is 9.98. The lowest BCUT2D eigenvalue weighted by Gasteiger charge is -2.22. The molecule has 0 unspecified atom stereocenters. The van der Waals surface area contributed by atoms with E-state index in [4.69, 9.17) is 10.5 Å². The highest BCUT2D eigenvalue weighted by Crippen LogP contribution is 2.29. The molecule has 5 N–H and O–H groups in total. The molecule has 3 aromatic rings. The normalized spacial score (nSPS) is 12.0. The Morgan fingerprint density at radius 2 is 2.03 bits per heavy atom. The fourth-order valence-corrected chi connectivity index (χ4v) is 3.95. The Hall–Kier alpha value is -3.27. The first-order chi connectivity index (χ1) is 16.1. The maximum atomic E-state index is 9.55. The van der Waals surface area contributed by atoms with Crippen LogP contribution in [0.5, 0.6) is 5.75 Å². The second-order valence-electron chi connectivity index (χ2n) is 8.03. The van der Waals surface area contributed by atoms with E-state index in [0.29, 0.717) is 25.1 Å². The van der Waals surface area contributed by atoms with E-state index in [1.807, 2.05) is 12.1 Å². The number of nitrogens with zero attached hydrogens (tertiary/aromatic N) is 5. The number of nitrogen functional groups attached to an aromatic ring is 1. The standard InChI is InChI=1S/C23H34N8O2/c1-4-6-7-17(10-11-32)25-22-18(19(5-2)26-23(24)27-22)14-16-12-15(8-9-20(16)33-3)13-21-28-30-31-29-21/h8-9,12,17,32H,4-7,10-11,13-14H2,1-3H3,(H3,24,25,26,27)(H,28,29,30,31)/t17-/m0/s1. The summed E-state index contributed by atoms with van der Waals surface area (Å²) in [6.07, 6.45) is 5.62. The molecule has 10 heteroatoms. The van der Waals surface area contributed by atoms with Gasteiger partial charge in [0.15, 0.2) is 5.82 Å². The number of methoxy groups -OCH3 is 1. The van der Waals surface area contributed by atoms with Gasteiger partial charge in [0, 0.05) is 31.1 Å². The predicted octanol–water partition coefficient (Wildman–Crippen LogP) is 2.68. The molecule has 0 spiro atoms. The van der Waals surface area contributed by atoms with Crippen LogP contribution in [0.2, 0.25) is 0 Å². The number of ether oxygens (including phenoxy) is 1. The Morgan fingerprint density at radius 3 is 2.70 bits per heavy atom. The van der Waals surface area contributed by atoms with Crippen LogP contribution in [-0.2, 0) is 19.3 Å². The molecule has 178 valence electrons. The number of aromatic nitrogens is 6. The fourth-order valence-electron chi connectivity index (χ4n) is 3.95. The Labute approximate surface area is 194 Å². The molecule has 1 aromatic carbocycles. The van der Waals surface area contributed by atoms with Gasteiger partial charge in [0.2, 0.25) is 5.95 Å². The molecule has 3 rings (SSSR count). The summed E-state index contributed by atoms with van der Waals surface area (Å²) in [7, 11) is 1.67. The summed E-state index contributed by atoms with van der Waals surface area (Å²) in [5.41, 5.74) is 9.99. The molecule has 0 aliphatic rings. The molecule has 2 aromatic heterocycles. The first-order valence-corrected chi connectivity index (χ1v) is 11.5. The predicted molar refractivity (Wildman–Crippen MR) is 127 cm³/mol. The quantitative estimate of drug-likeness (QED) is 0.306. The summed E-state index contributed by atoms with van der Waals surface area (Å²) in [4.78, 5) is 9.05. The minimum Gasteiger partial charge on any atom is -0.496 e. The van der Waals surface area contributed by atoms with Crippen LogP contribution in [0.3, 0.4) is 0 Å². The monoisotopic (exact) mass is 454 g/mol. The highest BCUT2D eigenvalue weighted by molar-refractivity contribution is 5.54. The van der Waals surface area contributed by atoms with Gasteiger partial charge in [-0.05, 0) is 36.5 Å². The molecular formula is C23H34N8O2. The summed E-state index contributed by atoms with van der Waals surface area (Å²) >= 11 is 0. The van der Waals surface area contributed by atoms with Gasteiger partial charge in [0.05, 0.1) is 12.8 Å². The number of unbranched alkanes of at least 4 members (excludes halogenated alkanes) is 1. The third-order valence-electron chi connectivity index (χ3n) is 5.63. The number of benzene rings is 1. The van der Waals surface area contributed by atoms with Gasteiger partial charge in [0.1, 0.15) is 11.6 Å². The summed E-state index contributed by atoms with van der Waals surface area (Å²) < 4.78 is 5.65. The number of hydrogen-bond donors (Lipinski definition) is 4. The second-order valence-corrected chi connectivity index (χ2v) is 8.03. The van der Waals surface area contributed by atoms with Gasteiger partial charge in [-0.25, -0.2) is 4.98 Å². The van der Waals surface area contributed by atoms with Gasteiger partial charge in [0.25, 0.3) is 0 Å². The summed E-state index contributed by atoms with van der Waals surface area (Å²) in [5, 5.41) is 27.3. The largest absolute Gasteiger partial charge is 0.496 e. The van der Waals surface area contributed by atoms with Crippen LogP contribution in [0.15, 0.2) is 18.2 Å². The number of hydrogen-bond acceptors (Lipinski definition) is 9. The number of aliphatic hydroxyl groups excluding tert-OH is 1. The van der Waals surface area contributed by atoms with Crippen LogP contribution < -0.4 is 15.8 Å². The van der Waals surface area contributed by atoms with E-state index in [1.165, 1.54) is 0 Å². The fraction of sp³-hybridized carbons (Fsp3) is 0.522. The average Bonchev–Trinajstić information content (AvgIpc) is 3.32. The number of H-pyrrole nitrogens is 1. The smallest absolute Gasteiger partial charge is 0.222 e. The van der Waals surface area contributed by atoms with E-state index in [0.717, 1.165) is 59.6 Å². The Morgan fingerprint density at radius 1 is 1.18 bits per heavy atom. The number of nitrogens with two attached hydrogens (primary N) is 1. The molecule has 0 aliphatic heterocycles. The van der Waals surface area contributed by atoms with Crippen LogP contribution in [-0.4, -0.2) is 55.5 Å². The molecule has 0 amide bonds. The van der Waals surface area contributed by atoms with Gasteiger partial charge in [-0.2, -0.15) is 10.2 Å². The van der Waals surface area contributed by atoms with E-state index in [9.17, 15) is 5.11 Å². The van der Waals surface area contributed by atoms with Crippen molar-refractivity contribution in [2.45, 2.75) is 64.8 Å². The molecule has 0 aliphatic carbocycles. The number of tetrazole rings is 1. The van der Waals surface area contributed by atoms with Gasteiger partial charge in [-0.3, -0.25) is 0 Å². The summed E-state index contributed by atoms with van der Waals surface area (Å²) in [6, 6.07) is 6.16. The SMILES string of the molecule is CCCC[C@@H](CCO)Nc1nc(N)nc(CC)c1Cc1cc(Cc2nn[nH]n2)ccc1OC. The second kappa shape index (κ2) is 12.1. The summed E-state index contributed by atoms with van der Waals surface area (Å²) in [6.45, 7) is 4.33. The average molecular weight is 455 g/mol. The van der Waals surface area contributed by atoms with Crippen molar-refractivity contribution in [3.8, 4) is 5.75 Å². The topological polar surface area (TPSA) is 148 Å². The molecule has 0 bridgehead atoms. The van der Waals surface area contributed by atoms with Crippen LogP contribution in [0.1, 0.15) is 67.7 Å². The van der Waals surface area contributed by atoms with Gasteiger partial charge >= 0.3 is 0 Å². The van der Waals surface area contributed by atoms with Crippen molar-refractivity contribution in [3.05, 3.63) is 46.4 Å². The zero-order valence-corrected chi connectivity index (χ0v) is 19.6. The van der Waals surface area contributed by atoms with Crippen molar-refractivity contribution in [2.24, 2.45) is 0 Å². The number of aliphatic hydroxyl groups is 1. The minimum atomic E-state index is 0.110. The number of aryl methyl sites for hydroxylation is 1. The summed E-state index contributed by atoms with van der Waals surface area (Å²) in [5.74, 6) is 2.38. The molecule has 0 fully saturated rings. The Bertz CT molecular complexity index is 1010.